The SMILES string of the molecule is CCNC(=NCc1c(CC)nn(C)c1CC)N1CCOC(c2ccccc2C)C1.I. The Balaban J connectivity index is 0.00000320. The van der Waals surface area contributed by atoms with Crippen LogP contribution in [0.15, 0.2) is 29.3 Å². The highest BCUT2D eigenvalue weighted by atomic mass is 127. The highest BCUT2D eigenvalue weighted by Crippen LogP contribution is 2.25. The highest BCUT2D eigenvalue weighted by molar-refractivity contribution is 14.0. The molecule has 0 bridgehead atoms. The molecule has 0 spiro atoms. The smallest absolute Gasteiger partial charge is 0.194 e. The van der Waals surface area contributed by atoms with Crippen LogP contribution in [0, 0.1) is 6.92 Å². The van der Waals surface area contributed by atoms with E-state index in [4.69, 9.17) is 14.8 Å². The Morgan fingerprint density at radius 2 is 2.00 bits per heavy atom. The van der Waals surface area contributed by atoms with Crippen LogP contribution in [0.2, 0.25) is 0 Å². The Kier molecular flexibility index (Phi) is 9.61. The third kappa shape index (κ3) is 5.55. The lowest BCUT2D eigenvalue weighted by Gasteiger charge is -2.35. The Labute approximate surface area is 198 Å². The largest absolute Gasteiger partial charge is 0.370 e. The zero-order chi connectivity index (χ0) is 20.8. The molecule has 0 amide bonds. The number of guanidine groups is 1. The zero-order valence-corrected chi connectivity index (χ0v) is 21.3. The van der Waals surface area contributed by atoms with Gasteiger partial charge in [0.15, 0.2) is 5.96 Å². The van der Waals surface area contributed by atoms with E-state index in [-0.39, 0.29) is 30.1 Å². The molecule has 2 aromatic rings. The number of morpholine rings is 1. The van der Waals surface area contributed by atoms with Gasteiger partial charge in [-0.15, -0.1) is 24.0 Å². The molecule has 3 rings (SSSR count). The second-order valence-corrected chi connectivity index (χ2v) is 7.53. The standard InChI is InChI=1S/C23H35N5O.HI/c1-6-20-19(21(7-2)27(5)26-20)15-25-23(24-8-3)28-13-14-29-22(16-28)18-12-10-9-11-17(18)4;/h9-12,22H,6-8,13-16H2,1-5H3,(H,24,25);1H. The lowest BCUT2D eigenvalue weighted by Crippen LogP contribution is -2.48. The number of aliphatic imine (C=N–C) groups is 1. The normalized spacial score (nSPS) is 17.0. The summed E-state index contributed by atoms with van der Waals surface area (Å²) < 4.78 is 8.12. The maximum absolute atomic E-state index is 6.10. The summed E-state index contributed by atoms with van der Waals surface area (Å²) in [5.74, 6) is 0.961. The first-order valence-electron chi connectivity index (χ1n) is 10.8. The molecule has 2 heterocycles. The Morgan fingerprint density at radius 3 is 2.67 bits per heavy atom. The summed E-state index contributed by atoms with van der Waals surface area (Å²) >= 11 is 0. The van der Waals surface area contributed by atoms with Crippen molar-refractivity contribution < 1.29 is 4.74 Å². The van der Waals surface area contributed by atoms with E-state index < -0.39 is 0 Å². The van der Waals surface area contributed by atoms with Gasteiger partial charge in [-0.05, 0) is 37.8 Å². The van der Waals surface area contributed by atoms with Gasteiger partial charge in [-0.1, -0.05) is 38.1 Å². The van der Waals surface area contributed by atoms with Crippen LogP contribution in [0.4, 0.5) is 0 Å². The van der Waals surface area contributed by atoms with Crippen LogP contribution in [0.1, 0.15) is 55.0 Å². The minimum Gasteiger partial charge on any atom is -0.370 e. The maximum atomic E-state index is 6.10. The lowest BCUT2D eigenvalue weighted by molar-refractivity contribution is -0.00834. The number of halogens is 1. The van der Waals surface area contributed by atoms with Gasteiger partial charge in [-0.2, -0.15) is 5.10 Å². The molecule has 0 radical (unpaired) electrons. The fourth-order valence-electron chi connectivity index (χ4n) is 4.13. The van der Waals surface area contributed by atoms with Crippen LogP contribution in [0.25, 0.3) is 0 Å². The summed E-state index contributed by atoms with van der Waals surface area (Å²) in [7, 11) is 2.03. The molecule has 1 N–H and O–H groups in total. The molecule has 1 fully saturated rings. The number of rotatable bonds is 6. The first kappa shape index (κ1) is 24.7. The summed E-state index contributed by atoms with van der Waals surface area (Å²) in [5.41, 5.74) is 6.25. The Hall–Kier alpha value is -1.61. The molecule has 166 valence electrons. The molecule has 7 heteroatoms. The molecule has 1 aliphatic heterocycles. The van der Waals surface area contributed by atoms with Crippen molar-refractivity contribution >= 4 is 29.9 Å². The van der Waals surface area contributed by atoms with Crippen molar-refractivity contribution in [3.05, 3.63) is 52.3 Å². The summed E-state index contributed by atoms with van der Waals surface area (Å²) in [6.07, 6.45) is 1.98. The first-order valence-corrected chi connectivity index (χ1v) is 10.8. The van der Waals surface area contributed by atoms with Crippen molar-refractivity contribution in [3.8, 4) is 0 Å². The molecular weight excluding hydrogens is 489 g/mol. The molecule has 1 unspecified atom stereocenters. The van der Waals surface area contributed by atoms with Crippen molar-refractivity contribution in [1.29, 1.82) is 0 Å². The van der Waals surface area contributed by atoms with E-state index in [9.17, 15) is 0 Å². The number of nitrogens with zero attached hydrogens (tertiary/aromatic N) is 4. The average molecular weight is 525 g/mol. The van der Waals surface area contributed by atoms with Gasteiger partial charge in [0.25, 0.3) is 0 Å². The van der Waals surface area contributed by atoms with E-state index >= 15 is 0 Å². The number of ether oxygens (including phenoxy) is 1. The number of hydrogen-bond acceptors (Lipinski definition) is 3. The fraction of sp³-hybridized carbons (Fsp3) is 0.565. The van der Waals surface area contributed by atoms with Gasteiger partial charge >= 0.3 is 0 Å². The van der Waals surface area contributed by atoms with Crippen molar-refractivity contribution in [3.63, 3.8) is 0 Å². The topological polar surface area (TPSA) is 54.7 Å². The number of hydrogen-bond donors (Lipinski definition) is 1. The minimum atomic E-state index is 0. The van der Waals surface area contributed by atoms with Gasteiger partial charge in [0, 0.05) is 31.4 Å². The summed E-state index contributed by atoms with van der Waals surface area (Å²) in [5, 5.41) is 8.18. The average Bonchev–Trinajstić information content (AvgIpc) is 3.06. The molecule has 1 saturated heterocycles. The predicted octanol–water partition coefficient (Wildman–Crippen LogP) is 4.01. The van der Waals surface area contributed by atoms with Gasteiger partial charge in [0.1, 0.15) is 6.10 Å². The van der Waals surface area contributed by atoms with E-state index in [1.807, 2.05) is 11.7 Å². The van der Waals surface area contributed by atoms with E-state index in [0.29, 0.717) is 13.2 Å². The summed E-state index contributed by atoms with van der Waals surface area (Å²) in [6, 6.07) is 8.49. The predicted molar refractivity (Wildman–Crippen MR) is 134 cm³/mol. The third-order valence-corrected chi connectivity index (χ3v) is 5.65. The number of nitrogens with one attached hydrogen (secondary N) is 1. The third-order valence-electron chi connectivity index (χ3n) is 5.65. The number of benzene rings is 1. The monoisotopic (exact) mass is 525 g/mol. The van der Waals surface area contributed by atoms with Crippen molar-refractivity contribution in [1.82, 2.24) is 20.0 Å². The summed E-state index contributed by atoms with van der Waals surface area (Å²) in [6.45, 7) is 12.5. The zero-order valence-electron chi connectivity index (χ0n) is 18.9. The van der Waals surface area contributed by atoms with Crippen molar-refractivity contribution in [2.45, 2.75) is 53.2 Å². The first-order chi connectivity index (χ1) is 14.1. The van der Waals surface area contributed by atoms with Crippen LogP contribution in [0.5, 0.6) is 0 Å². The number of aromatic nitrogens is 2. The van der Waals surface area contributed by atoms with Gasteiger partial charge in [-0.25, -0.2) is 4.99 Å². The highest BCUT2D eigenvalue weighted by Gasteiger charge is 2.25. The molecule has 1 aromatic heterocycles. The van der Waals surface area contributed by atoms with E-state index in [1.165, 1.54) is 22.4 Å². The molecule has 1 aliphatic rings. The van der Waals surface area contributed by atoms with E-state index in [0.717, 1.165) is 44.1 Å². The molecule has 1 aromatic carbocycles. The van der Waals surface area contributed by atoms with Gasteiger partial charge in [0.2, 0.25) is 0 Å². The van der Waals surface area contributed by atoms with Crippen molar-refractivity contribution in [2.75, 3.05) is 26.2 Å². The Bertz CT molecular complexity index is 848. The molecule has 0 aliphatic carbocycles. The Morgan fingerprint density at radius 1 is 1.23 bits per heavy atom. The van der Waals surface area contributed by atoms with Crippen LogP contribution in [-0.4, -0.2) is 46.9 Å². The molecule has 30 heavy (non-hydrogen) atoms. The quantitative estimate of drug-likeness (QED) is 0.352. The van der Waals surface area contributed by atoms with Gasteiger partial charge < -0.3 is 15.0 Å². The van der Waals surface area contributed by atoms with E-state index in [1.54, 1.807) is 0 Å². The molecular formula is C23H36IN5O. The molecule has 1 atom stereocenters. The lowest BCUT2D eigenvalue weighted by atomic mass is 10.0. The second kappa shape index (κ2) is 11.7. The van der Waals surface area contributed by atoms with Crippen LogP contribution < -0.4 is 5.32 Å². The number of aryl methyl sites for hydroxylation is 3. The van der Waals surface area contributed by atoms with Crippen molar-refractivity contribution in [2.24, 2.45) is 12.0 Å². The second-order valence-electron chi connectivity index (χ2n) is 7.53. The maximum Gasteiger partial charge on any atom is 0.194 e. The van der Waals surface area contributed by atoms with Gasteiger partial charge in [-0.3, -0.25) is 4.68 Å². The van der Waals surface area contributed by atoms with Crippen LogP contribution in [-0.2, 0) is 31.2 Å². The molecule has 0 saturated carbocycles. The fourth-order valence-corrected chi connectivity index (χ4v) is 4.13. The van der Waals surface area contributed by atoms with Gasteiger partial charge in [0.05, 0.1) is 25.4 Å². The molecule has 6 nitrogen and oxygen atoms in total. The van der Waals surface area contributed by atoms with E-state index in [2.05, 4.69) is 62.2 Å². The summed E-state index contributed by atoms with van der Waals surface area (Å²) in [4.78, 5) is 7.34. The minimum absolute atomic E-state index is 0. The van der Waals surface area contributed by atoms with Crippen LogP contribution in [0.3, 0.4) is 0 Å². The van der Waals surface area contributed by atoms with Crippen LogP contribution >= 0.6 is 24.0 Å².